The summed E-state index contributed by atoms with van der Waals surface area (Å²) in [6.07, 6.45) is 1.85. The van der Waals surface area contributed by atoms with Gasteiger partial charge in [-0.05, 0) is 24.6 Å². The molecular formula is C19H21N3O4S. The molecule has 142 valence electrons. The van der Waals surface area contributed by atoms with E-state index in [2.05, 4.69) is 16.9 Å². The van der Waals surface area contributed by atoms with Gasteiger partial charge in [0.2, 0.25) is 5.91 Å². The van der Waals surface area contributed by atoms with Crippen molar-refractivity contribution in [2.45, 2.75) is 24.4 Å². The summed E-state index contributed by atoms with van der Waals surface area (Å²) < 4.78 is 7.16. The quantitative estimate of drug-likeness (QED) is 0.450. The molecule has 1 aromatic carbocycles. The van der Waals surface area contributed by atoms with E-state index in [1.165, 1.54) is 17.8 Å². The van der Waals surface area contributed by atoms with Crippen LogP contribution in [0.15, 0.2) is 40.8 Å². The maximum absolute atomic E-state index is 12.8. The Kier molecular flexibility index (Phi) is 5.55. The Morgan fingerprint density at radius 1 is 1.48 bits per heavy atom. The van der Waals surface area contributed by atoms with Gasteiger partial charge in [0.25, 0.3) is 5.56 Å². The third kappa shape index (κ3) is 3.71. The van der Waals surface area contributed by atoms with Crippen LogP contribution in [-0.2, 0) is 11.8 Å². The molecule has 0 radical (unpaired) electrons. The number of hydrogen-bond acceptors (Lipinski definition) is 6. The molecule has 1 atom stereocenters. The van der Waals surface area contributed by atoms with Crippen LogP contribution in [0, 0.1) is 0 Å². The highest BCUT2D eigenvalue weighted by atomic mass is 32.2. The van der Waals surface area contributed by atoms with Crippen LogP contribution in [0.2, 0.25) is 0 Å². The van der Waals surface area contributed by atoms with Crippen molar-refractivity contribution in [1.82, 2.24) is 9.55 Å². The summed E-state index contributed by atoms with van der Waals surface area (Å²) in [6.45, 7) is 5.88. The molecule has 0 aliphatic carbocycles. The van der Waals surface area contributed by atoms with Crippen LogP contribution in [-0.4, -0.2) is 32.9 Å². The van der Waals surface area contributed by atoms with Gasteiger partial charge in [-0.1, -0.05) is 23.9 Å². The molecule has 0 spiro atoms. The molecule has 27 heavy (non-hydrogen) atoms. The standard InChI is InChI=1S/C19H21N3O4S/c1-4-8-27-19-21-18(25)16-12(10-15(24)20-17(16)22(19)3)11-6-7-13(23)14(9-11)26-5-2/h4,6-7,9,12,23H,1,5,8,10H2,2-3H3,(H,20,24)/t12-/m0/s1. The lowest BCUT2D eigenvalue weighted by atomic mass is 9.86. The molecule has 8 heteroatoms. The monoisotopic (exact) mass is 387 g/mol. The van der Waals surface area contributed by atoms with Crippen molar-refractivity contribution in [1.29, 1.82) is 0 Å². The molecule has 7 nitrogen and oxygen atoms in total. The molecule has 0 saturated heterocycles. The number of aromatic hydroxyl groups is 1. The predicted octanol–water partition coefficient (Wildman–Crippen LogP) is 2.64. The molecule has 1 aliphatic heterocycles. The number of carbonyl (C=O) groups is 1. The van der Waals surface area contributed by atoms with Crippen molar-refractivity contribution >= 4 is 23.5 Å². The fourth-order valence-electron chi connectivity index (χ4n) is 3.10. The highest BCUT2D eigenvalue weighted by molar-refractivity contribution is 7.99. The van der Waals surface area contributed by atoms with E-state index in [1.54, 1.807) is 29.8 Å². The number of phenolic OH excluding ortho intramolecular Hbond substituents is 1. The predicted molar refractivity (Wildman–Crippen MR) is 105 cm³/mol. The minimum atomic E-state index is -0.460. The zero-order valence-electron chi connectivity index (χ0n) is 15.2. The Balaban J connectivity index is 2.12. The van der Waals surface area contributed by atoms with Gasteiger partial charge in [0.15, 0.2) is 16.7 Å². The van der Waals surface area contributed by atoms with Gasteiger partial charge in [0, 0.05) is 25.1 Å². The van der Waals surface area contributed by atoms with E-state index in [-0.39, 0.29) is 23.6 Å². The molecule has 2 heterocycles. The average Bonchev–Trinajstić information content (AvgIpc) is 2.64. The van der Waals surface area contributed by atoms with Gasteiger partial charge in [-0.25, -0.2) is 0 Å². The molecule has 1 aliphatic rings. The largest absolute Gasteiger partial charge is 0.504 e. The molecule has 2 aromatic rings. The Morgan fingerprint density at radius 2 is 2.26 bits per heavy atom. The van der Waals surface area contributed by atoms with E-state index in [1.807, 2.05) is 6.92 Å². The molecule has 0 saturated carbocycles. The van der Waals surface area contributed by atoms with Crippen molar-refractivity contribution in [2.75, 3.05) is 17.7 Å². The zero-order valence-corrected chi connectivity index (χ0v) is 16.0. The molecule has 2 N–H and O–H groups in total. The van der Waals surface area contributed by atoms with Crippen LogP contribution < -0.4 is 15.6 Å². The van der Waals surface area contributed by atoms with Gasteiger partial charge in [0.05, 0.1) is 12.2 Å². The molecule has 3 rings (SSSR count). The second kappa shape index (κ2) is 7.87. The normalized spacial score (nSPS) is 15.8. The first-order chi connectivity index (χ1) is 13.0. The number of fused-ring (bicyclic) bond motifs is 1. The number of ether oxygens (including phenoxy) is 1. The molecule has 1 aromatic heterocycles. The summed E-state index contributed by atoms with van der Waals surface area (Å²) >= 11 is 1.37. The summed E-state index contributed by atoms with van der Waals surface area (Å²) in [7, 11) is 1.77. The highest BCUT2D eigenvalue weighted by Gasteiger charge is 2.32. The molecule has 0 bridgehead atoms. The number of carbonyl (C=O) groups excluding carboxylic acids is 1. The number of aromatic nitrogens is 2. The average molecular weight is 387 g/mol. The van der Waals surface area contributed by atoms with Crippen LogP contribution in [0.1, 0.15) is 30.4 Å². The number of thioether (sulfide) groups is 1. The fraction of sp³-hybridized carbons (Fsp3) is 0.316. The van der Waals surface area contributed by atoms with Crippen LogP contribution in [0.4, 0.5) is 5.82 Å². The third-order valence-corrected chi connectivity index (χ3v) is 5.34. The molecule has 0 unspecified atom stereocenters. The van der Waals surface area contributed by atoms with Gasteiger partial charge in [0.1, 0.15) is 5.82 Å². The zero-order chi connectivity index (χ0) is 19.6. The Labute approximate surface area is 161 Å². The Hall–Kier alpha value is -2.74. The number of amides is 1. The summed E-state index contributed by atoms with van der Waals surface area (Å²) in [5, 5.41) is 13.3. The van der Waals surface area contributed by atoms with Crippen LogP contribution in [0.25, 0.3) is 0 Å². The van der Waals surface area contributed by atoms with Crippen LogP contribution >= 0.6 is 11.8 Å². The Morgan fingerprint density at radius 3 is 2.96 bits per heavy atom. The first-order valence-electron chi connectivity index (χ1n) is 8.56. The number of rotatable bonds is 6. The van der Waals surface area contributed by atoms with Crippen LogP contribution in [0.5, 0.6) is 11.5 Å². The molecule has 0 fully saturated rings. The highest BCUT2D eigenvalue weighted by Crippen LogP contribution is 2.38. The van der Waals surface area contributed by atoms with E-state index in [0.29, 0.717) is 34.6 Å². The summed E-state index contributed by atoms with van der Waals surface area (Å²) in [6, 6.07) is 4.88. The topological polar surface area (TPSA) is 93.5 Å². The SMILES string of the molecule is C=CCSc1nc(=O)c2c(n1C)NC(=O)C[C@H]2c1ccc(O)c(OCC)c1. The number of phenols is 1. The number of nitrogens with one attached hydrogen (secondary N) is 1. The summed E-state index contributed by atoms with van der Waals surface area (Å²) in [5.41, 5.74) is 0.789. The van der Waals surface area contributed by atoms with Crippen molar-refractivity contribution in [3.05, 3.63) is 52.3 Å². The minimum Gasteiger partial charge on any atom is -0.504 e. The van der Waals surface area contributed by atoms with Crippen molar-refractivity contribution < 1.29 is 14.6 Å². The second-order valence-corrected chi connectivity index (χ2v) is 7.07. The van der Waals surface area contributed by atoms with Crippen molar-refractivity contribution in [2.24, 2.45) is 7.05 Å². The third-order valence-electron chi connectivity index (χ3n) is 4.32. The smallest absolute Gasteiger partial charge is 0.279 e. The van der Waals surface area contributed by atoms with E-state index in [0.717, 1.165) is 5.56 Å². The van der Waals surface area contributed by atoms with Gasteiger partial charge >= 0.3 is 0 Å². The van der Waals surface area contributed by atoms with Gasteiger partial charge in [-0.15, -0.1) is 6.58 Å². The number of benzene rings is 1. The first-order valence-corrected chi connectivity index (χ1v) is 9.55. The minimum absolute atomic E-state index is 0.0169. The summed E-state index contributed by atoms with van der Waals surface area (Å²) in [4.78, 5) is 29.3. The van der Waals surface area contributed by atoms with E-state index in [4.69, 9.17) is 4.74 Å². The van der Waals surface area contributed by atoms with E-state index in [9.17, 15) is 14.7 Å². The number of nitrogens with zero attached hydrogens (tertiary/aromatic N) is 2. The van der Waals surface area contributed by atoms with E-state index < -0.39 is 5.92 Å². The second-order valence-electron chi connectivity index (χ2n) is 6.09. The van der Waals surface area contributed by atoms with Crippen molar-refractivity contribution in [3.63, 3.8) is 0 Å². The summed E-state index contributed by atoms with van der Waals surface area (Å²) in [5.74, 6) is 0.756. The van der Waals surface area contributed by atoms with E-state index >= 15 is 0 Å². The van der Waals surface area contributed by atoms with Crippen molar-refractivity contribution in [3.8, 4) is 11.5 Å². The van der Waals surface area contributed by atoms with Gasteiger partial charge in [-0.2, -0.15) is 4.98 Å². The van der Waals surface area contributed by atoms with Crippen LogP contribution in [0.3, 0.4) is 0 Å². The Bertz CT molecular complexity index is 955. The number of hydrogen-bond donors (Lipinski definition) is 2. The van der Waals surface area contributed by atoms with Gasteiger partial charge in [-0.3, -0.25) is 9.59 Å². The lowest BCUT2D eigenvalue weighted by Crippen LogP contribution is -2.33. The maximum atomic E-state index is 12.8. The maximum Gasteiger partial charge on any atom is 0.279 e. The van der Waals surface area contributed by atoms with Gasteiger partial charge < -0.3 is 19.7 Å². The molecule has 1 amide bonds. The lowest BCUT2D eigenvalue weighted by Gasteiger charge is -2.27. The first kappa shape index (κ1) is 19.0. The lowest BCUT2D eigenvalue weighted by molar-refractivity contribution is -0.116. The molecular weight excluding hydrogens is 366 g/mol. The number of anilines is 1. The fourth-order valence-corrected chi connectivity index (χ4v) is 3.80.